The predicted molar refractivity (Wildman–Crippen MR) is 176 cm³/mol. The second-order valence-corrected chi connectivity index (χ2v) is 11.6. The fourth-order valence-electron chi connectivity index (χ4n) is 4.75. The molecule has 3 rings (SSSR count). The van der Waals surface area contributed by atoms with Crippen molar-refractivity contribution in [1.29, 1.82) is 0 Å². The number of nitrogens with two attached hydrogens (primary N) is 3. The number of hydrogen-bond acceptors (Lipinski definition) is 7. The number of carboxylic acid groups (broad SMARTS) is 1. The minimum atomic E-state index is -1.24. The van der Waals surface area contributed by atoms with Gasteiger partial charge in [-0.3, -0.25) is 19.4 Å². The van der Waals surface area contributed by atoms with Gasteiger partial charge < -0.3 is 43.2 Å². The van der Waals surface area contributed by atoms with Crippen LogP contribution in [0, 0.1) is 0 Å². The highest BCUT2D eigenvalue weighted by atomic mass is 32.2. The number of carbonyl (C=O) groups is 4. The number of amides is 3. The normalized spacial score (nSPS) is 13.6. The lowest BCUT2D eigenvalue weighted by molar-refractivity contribution is -0.142. The molecule has 0 aliphatic carbocycles. The highest BCUT2D eigenvalue weighted by Crippen LogP contribution is 2.19. The molecule has 4 atom stereocenters. The molecule has 3 aromatic rings. The number of aliphatic carboxylic acids is 1. The molecule has 2 aromatic carbocycles. The Morgan fingerprint density at radius 2 is 1.49 bits per heavy atom. The van der Waals surface area contributed by atoms with Crippen LogP contribution in [0.5, 0.6) is 0 Å². The third-order valence-corrected chi connectivity index (χ3v) is 7.82. The number of aromatic nitrogens is 1. The van der Waals surface area contributed by atoms with Gasteiger partial charge in [-0.25, -0.2) is 4.79 Å². The quantitative estimate of drug-likeness (QED) is 0.0554. The standard InChI is InChI=1S/C31H42N8O5S/c1-45-15-13-22(32)27(40)38-26(17-20-18-36-23-11-6-5-10-21(20)23)29(42)39-25(16-19-8-3-2-4-9-19)28(41)37-24(30(43)44)12-7-14-35-31(33)34/h2-6,8-11,18,22,24-26,36H,7,12-17,32H2,1H3,(H,37,41)(H,38,40)(H,39,42)(H,43,44)(H4,33,34,35). The van der Waals surface area contributed by atoms with Crippen molar-refractivity contribution in [3.63, 3.8) is 0 Å². The first kappa shape index (κ1) is 34.9. The van der Waals surface area contributed by atoms with Gasteiger partial charge in [0.1, 0.15) is 18.1 Å². The Morgan fingerprint density at radius 3 is 2.16 bits per heavy atom. The van der Waals surface area contributed by atoms with Gasteiger partial charge in [-0.1, -0.05) is 48.5 Å². The summed E-state index contributed by atoms with van der Waals surface area (Å²) in [5, 5.41) is 18.7. The SMILES string of the molecule is CSCCC(N)C(=O)NC(Cc1c[nH]c2ccccc12)C(=O)NC(Cc1ccccc1)C(=O)NC(CCCN=C(N)N)C(=O)O. The van der Waals surface area contributed by atoms with Gasteiger partial charge in [-0.2, -0.15) is 11.8 Å². The van der Waals surface area contributed by atoms with Gasteiger partial charge in [-0.15, -0.1) is 0 Å². The molecule has 0 radical (unpaired) electrons. The Hall–Kier alpha value is -4.56. The molecular formula is C31H42N8O5S. The summed E-state index contributed by atoms with van der Waals surface area (Å²) < 4.78 is 0. The van der Waals surface area contributed by atoms with E-state index in [2.05, 4.69) is 25.9 Å². The molecule has 0 saturated heterocycles. The van der Waals surface area contributed by atoms with E-state index in [1.807, 2.05) is 36.6 Å². The van der Waals surface area contributed by atoms with Crippen molar-refractivity contribution in [3.8, 4) is 0 Å². The molecule has 3 amide bonds. The van der Waals surface area contributed by atoms with Gasteiger partial charge >= 0.3 is 5.97 Å². The van der Waals surface area contributed by atoms with Crippen molar-refractivity contribution in [2.24, 2.45) is 22.2 Å². The number of aliphatic imine (C=N–C) groups is 1. The van der Waals surface area contributed by atoms with Crippen molar-refractivity contribution in [2.45, 2.75) is 56.3 Å². The number of hydrogen-bond donors (Lipinski definition) is 8. The number of thioether (sulfide) groups is 1. The maximum absolute atomic E-state index is 13.9. The third-order valence-electron chi connectivity index (χ3n) is 7.18. The van der Waals surface area contributed by atoms with E-state index in [0.717, 1.165) is 22.0 Å². The van der Waals surface area contributed by atoms with Crippen LogP contribution in [0.2, 0.25) is 0 Å². The first-order valence-corrected chi connectivity index (χ1v) is 16.0. The molecule has 0 spiro atoms. The van der Waals surface area contributed by atoms with Gasteiger partial charge in [-0.05, 0) is 48.5 Å². The van der Waals surface area contributed by atoms with E-state index in [-0.39, 0.29) is 31.8 Å². The fraction of sp³-hybridized carbons (Fsp3) is 0.387. The number of nitrogens with one attached hydrogen (secondary N) is 4. The van der Waals surface area contributed by atoms with E-state index in [0.29, 0.717) is 18.6 Å². The largest absolute Gasteiger partial charge is 0.480 e. The summed E-state index contributed by atoms with van der Waals surface area (Å²) in [7, 11) is 0. The van der Waals surface area contributed by atoms with Crippen LogP contribution in [-0.4, -0.2) is 82.5 Å². The van der Waals surface area contributed by atoms with E-state index in [9.17, 15) is 24.3 Å². The summed E-state index contributed by atoms with van der Waals surface area (Å²) in [5.74, 6) is -2.46. The molecule has 0 bridgehead atoms. The van der Waals surface area contributed by atoms with E-state index >= 15 is 0 Å². The molecule has 0 fully saturated rings. The predicted octanol–water partition coefficient (Wildman–Crippen LogP) is 0.626. The van der Waals surface area contributed by atoms with Crippen LogP contribution in [0.25, 0.3) is 10.9 Å². The first-order valence-electron chi connectivity index (χ1n) is 14.6. The molecule has 242 valence electrons. The van der Waals surface area contributed by atoms with E-state index in [1.165, 1.54) is 0 Å². The number of para-hydroxylation sites is 1. The van der Waals surface area contributed by atoms with Crippen LogP contribution in [0.4, 0.5) is 0 Å². The summed E-state index contributed by atoms with van der Waals surface area (Å²) in [6.45, 7) is 0.195. The lowest BCUT2D eigenvalue weighted by atomic mass is 10.0. The Morgan fingerprint density at radius 1 is 0.867 bits per heavy atom. The maximum atomic E-state index is 13.9. The lowest BCUT2D eigenvalue weighted by Crippen LogP contribution is -2.58. The number of carboxylic acids is 1. The summed E-state index contributed by atoms with van der Waals surface area (Å²) in [6.07, 6.45) is 4.69. The van der Waals surface area contributed by atoms with E-state index in [1.54, 1.807) is 42.2 Å². The van der Waals surface area contributed by atoms with Crippen LogP contribution in [0.15, 0.2) is 65.8 Å². The van der Waals surface area contributed by atoms with Crippen molar-refractivity contribution < 1.29 is 24.3 Å². The molecule has 1 heterocycles. The fourth-order valence-corrected chi connectivity index (χ4v) is 5.24. The second kappa shape index (κ2) is 17.7. The molecule has 11 N–H and O–H groups in total. The van der Waals surface area contributed by atoms with E-state index < -0.39 is 47.9 Å². The minimum Gasteiger partial charge on any atom is -0.480 e. The number of rotatable bonds is 18. The van der Waals surface area contributed by atoms with Gasteiger partial charge in [0, 0.05) is 36.5 Å². The first-order chi connectivity index (χ1) is 21.6. The molecule has 0 aliphatic rings. The summed E-state index contributed by atoms with van der Waals surface area (Å²) >= 11 is 1.56. The van der Waals surface area contributed by atoms with Gasteiger partial charge in [0.15, 0.2) is 5.96 Å². The van der Waals surface area contributed by atoms with Crippen molar-refractivity contribution in [2.75, 3.05) is 18.6 Å². The molecule has 1 aromatic heterocycles. The highest BCUT2D eigenvalue weighted by molar-refractivity contribution is 7.98. The highest BCUT2D eigenvalue weighted by Gasteiger charge is 2.31. The van der Waals surface area contributed by atoms with Crippen LogP contribution in [0.3, 0.4) is 0 Å². The molecule has 0 saturated carbocycles. The Kier molecular flexibility index (Phi) is 13.7. The number of guanidine groups is 1. The Labute approximate surface area is 266 Å². The zero-order chi connectivity index (χ0) is 32.8. The maximum Gasteiger partial charge on any atom is 0.326 e. The summed E-state index contributed by atoms with van der Waals surface area (Å²) in [6, 6.07) is 12.3. The Bertz CT molecular complexity index is 1460. The van der Waals surface area contributed by atoms with Crippen molar-refractivity contribution in [1.82, 2.24) is 20.9 Å². The van der Waals surface area contributed by atoms with Crippen LogP contribution < -0.4 is 33.2 Å². The van der Waals surface area contributed by atoms with Crippen molar-refractivity contribution >= 4 is 52.3 Å². The average molecular weight is 639 g/mol. The number of fused-ring (bicyclic) bond motifs is 1. The van der Waals surface area contributed by atoms with E-state index in [4.69, 9.17) is 17.2 Å². The summed E-state index contributed by atoms with van der Waals surface area (Å²) in [5.41, 5.74) is 19.2. The molecular weight excluding hydrogens is 596 g/mol. The number of carbonyl (C=O) groups excluding carboxylic acids is 3. The molecule has 4 unspecified atom stereocenters. The zero-order valence-corrected chi connectivity index (χ0v) is 26.0. The molecule has 45 heavy (non-hydrogen) atoms. The van der Waals surface area contributed by atoms with Gasteiger partial charge in [0.2, 0.25) is 17.7 Å². The topological polar surface area (TPSA) is 231 Å². The van der Waals surface area contributed by atoms with Gasteiger partial charge in [0.25, 0.3) is 0 Å². The Balaban J connectivity index is 1.85. The zero-order valence-electron chi connectivity index (χ0n) is 25.2. The number of nitrogens with zero attached hydrogens (tertiary/aromatic N) is 1. The number of benzene rings is 2. The smallest absolute Gasteiger partial charge is 0.326 e. The van der Waals surface area contributed by atoms with Gasteiger partial charge in [0.05, 0.1) is 6.04 Å². The molecule has 0 aliphatic heterocycles. The molecule has 13 nitrogen and oxygen atoms in total. The van der Waals surface area contributed by atoms with Crippen LogP contribution in [0.1, 0.15) is 30.4 Å². The number of aromatic amines is 1. The van der Waals surface area contributed by atoms with Crippen molar-refractivity contribution in [3.05, 3.63) is 71.9 Å². The number of H-pyrrole nitrogens is 1. The minimum absolute atomic E-state index is 0.0665. The van der Waals surface area contributed by atoms with Crippen LogP contribution >= 0.6 is 11.8 Å². The second-order valence-electron chi connectivity index (χ2n) is 10.6. The monoisotopic (exact) mass is 638 g/mol. The third kappa shape index (κ3) is 11.1. The lowest BCUT2D eigenvalue weighted by Gasteiger charge is -2.25. The summed E-state index contributed by atoms with van der Waals surface area (Å²) in [4.78, 5) is 59.4. The van der Waals surface area contributed by atoms with Crippen LogP contribution in [-0.2, 0) is 32.0 Å². The average Bonchev–Trinajstić information content (AvgIpc) is 3.43. The molecule has 14 heteroatoms.